The number of rotatable bonds is 12. The molecule has 0 fully saturated rings. The Hall–Kier alpha value is -2.99. The van der Waals surface area contributed by atoms with Gasteiger partial charge in [-0.25, -0.2) is 4.98 Å². The number of aliphatic carboxylic acids is 1. The molecule has 174 valence electrons. The lowest BCUT2D eigenvalue weighted by Crippen LogP contribution is -2.02. The maximum atomic E-state index is 10.7. The van der Waals surface area contributed by atoms with Crippen molar-refractivity contribution in [2.75, 3.05) is 18.1 Å². The number of carboxylic acids is 1. The topological polar surface area (TPSA) is 68.7 Å². The van der Waals surface area contributed by atoms with Gasteiger partial charge in [0.05, 0.1) is 12.3 Å². The van der Waals surface area contributed by atoms with Crippen LogP contribution in [0, 0.1) is 13.8 Å². The van der Waals surface area contributed by atoms with E-state index in [4.69, 9.17) is 19.6 Å². The van der Waals surface area contributed by atoms with Crippen LogP contribution in [0.25, 0.3) is 11.3 Å². The molecule has 1 heterocycles. The van der Waals surface area contributed by atoms with Gasteiger partial charge in [-0.3, -0.25) is 4.79 Å². The van der Waals surface area contributed by atoms with E-state index in [-0.39, 0.29) is 6.42 Å². The van der Waals surface area contributed by atoms with Crippen LogP contribution in [0.15, 0.2) is 54.6 Å². The van der Waals surface area contributed by atoms with Crippen LogP contribution >= 0.6 is 11.8 Å². The van der Waals surface area contributed by atoms with Crippen molar-refractivity contribution in [2.45, 2.75) is 40.2 Å². The smallest absolute Gasteiger partial charge is 0.303 e. The molecule has 0 aliphatic carbocycles. The molecule has 0 radical (unpaired) electrons. The zero-order valence-electron chi connectivity index (χ0n) is 19.5. The van der Waals surface area contributed by atoms with E-state index in [2.05, 4.69) is 32.9 Å². The van der Waals surface area contributed by atoms with Gasteiger partial charge in [0, 0.05) is 23.8 Å². The average molecular weight is 466 g/mol. The van der Waals surface area contributed by atoms with E-state index in [1.165, 1.54) is 0 Å². The molecule has 6 heteroatoms. The second kappa shape index (κ2) is 12.3. The minimum absolute atomic E-state index is 0.135. The van der Waals surface area contributed by atoms with Gasteiger partial charge in [-0.2, -0.15) is 11.8 Å². The van der Waals surface area contributed by atoms with E-state index in [0.717, 1.165) is 50.8 Å². The zero-order chi connectivity index (χ0) is 23.6. The molecule has 0 aliphatic heterocycles. The highest BCUT2D eigenvalue weighted by molar-refractivity contribution is 7.99. The van der Waals surface area contributed by atoms with Crippen molar-refractivity contribution < 1.29 is 19.4 Å². The SMILES string of the molecule is CCSCCOc1cc(C)c(-c2cccc(OCc3ccc(CCC(=O)O)cc3)n2)c(C)c1. The molecule has 0 amide bonds. The second-order valence-electron chi connectivity index (χ2n) is 7.84. The van der Waals surface area contributed by atoms with E-state index >= 15 is 0 Å². The fraction of sp³-hybridized carbons (Fsp3) is 0.333. The first-order valence-corrected chi connectivity index (χ1v) is 12.3. The summed E-state index contributed by atoms with van der Waals surface area (Å²) in [4.78, 5) is 15.4. The number of carboxylic acid groups (broad SMARTS) is 1. The summed E-state index contributed by atoms with van der Waals surface area (Å²) >= 11 is 1.87. The van der Waals surface area contributed by atoms with Crippen LogP contribution in [0.4, 0.5) is 0 Å². The highest BCUT2D eigenvalue weighted by Gasteiger charge is 2.11. The number of pyridine rings is 1. The molecule has 33 heavy (non-hydrogen) atoms. The molecule has 3 aromatic rings. The van der Waals surface area contributed by atoms with Crippen LogP contribution in [0.2, 0.25) is 0 Å². The van der Waals surface area contributed by atoms with Gasteiger partial charge in [-0.05, 0) is 66.5 Å². The third-order valence-electron chi connectivity index (χ3n) is 5.22. The number of ether oxygens (including phenoxy) is 2. The van der Waals surface area contributed by atoms with Gasteiger partial charge in [0.15, 0.2) is 0 Å². The fourth-order valence-corrected chi connectivity index (χ4v) is 4.11. The Balaban J connectivity index is 1.65. The van der Waals surface area contributed by atoms with Gasteiger partial charge in [0.2, 0.25) is 5.88 Å². The number of aromatic nitrogens is 1. The van der Waals surface area contributed by atoms with Crippen molar-refractivity contribution in [1.82, 2.24) is 4.98 Å². The number of nitrogens with zero attached hydrogens (tertiary/aromatic N) is 1. The standard InChI is InChI=1S/C27H31NO4S/c1-4-33-15-14-31-23-16-19(2)27(20(3)17-23)24-6-5-7-25(28-24)32-18-22-10-8-21(9-11-22)12-13-26(29)30/h5-11,16-17H,4,12-15,18H2,1-3H3,(H,29,30). The van der Waals surface area contributed by atoms with Crippen molar-refractivity contribution >= 4 is 17.7 Å². The van der Waals surface area contributed by atoms with E-state index in [9.17, 15) is 4.79 Å². The predicted octanol–water partition coefficient (Wildman–Crippen LogP) is 6.09. The Kier molecular flexibility index (Phi) is 9.19. The third-order valence-corrected chi connectivity index (χ3v) is 6.09. The maximum Gasteiger partial charge on any atom is 0.303 e. The van der Waals surface area contributed by atoms with Crippen molar-refractivity contribution in [1.29, 1.82) is 0 Å². The molecule has 2 aromatic carbocycles. The minimum atomic E-state index is -0.785. The summed E-state index contributed by atoms with van der Waals surface area (Å²) in [5, 5.41) is 8.81. The zero-order valence-corrected chi connectivity index (χ0v) is 20.3. The Morgan fingerprint density at radius 3 is 2.36 bits per heavy atom. The molecule has 0 saturated heterocycles. The normalized spacial score (nSPS) is 10.8. The molecule has 3 rings (SSSR count). The van der Waals surface area contributed by atoms with Gasteiger partial charge in [-0.1, -0.05) is 37.3 Å². The molecule has 1 aromatic heterocycles. The van der Waals surface area contributed by atoms with Gasteiger partial charge in [0.25, 0.3) is 0 Å². The summed E-state index contributed by atoms with van der Waals surface area (Å²) in [5.41, 5.74) is 6.22. The molecule has 0 atom stereocenters. The van der Waals surface area contributed by atoms with Crippen molar-refractivity contribution in [3.63, 3.8) is 0 Å². The summed E-state index contributed by atoms with van der Waals surface area (Å²) in [6.45, 7) is 7.42. The Morgan fingerprint density at radius 2 is 1.70 bits per heavy atom. The van der Waals surface area contributed by atoms with Crippen molar-refractivity contribution in [2.24, 2.45) is 0 Å². The molecule has 0 unspecified atom stereocenters. The van der Waals surface area contributed by atoms with Crippen LogP contribution < -0.4 is 9.47 Å². The van der Waals surface area contributed by atoms with Crippen LogP contribution in [0.3, 0.4) is 0 Å². The van der Waals surface area contributed by atoms with Crippen LogP contribution in [-0.4, -0.2) is 34.2 Å². The Labute approximate surface area is 200 Å². The Bertz CT molecular complexity index is 1040. The number of hydrogen-bond acceptors (Lipinski definition) is 5. The van der Waals surface area contributed by atoms with Gasteiger partial charge >= 0.3 is 5.97 Å². The van der Waals surface area contributed by atoms with E-state index < -0.39 is 5.97 Å². The highest BCUT2D eigenvalue weighted by atomic mass is 32.2. The van der Waals surface area contributed by atoms with Crippen LogP contribution in [0.5, 0.6) is 11.6 Å². The summed E-state index contributed by atoms with van der Waals surface area (Å²) in [6.07, 6.45) is 0.663. The number of hydrogen-bond donors (Lipinski definition) is 1. The van der Waals surface area contributed by atoms with Crippen molar-refractivity contribution in [3.05, 3.63) is 76.9 Å². The summed E-state index contributed by atoms with van der Waals surface area (Å²) in [5.74, 6) is 2.76. The Morgan fingerprint density at radius 1 is 1.00 bits per heavy atom. The number of thioether (sulfide) groups is 1. The first-order valence-electron chi connectivity index (χ1n) is 11.2. The predicted molar refractivity (Wildman–Crippen MR) is 134 cm³/mol. The average Bonchev–Trinajstić information content (AvgIpc) is 2.80. The molecule has 0 spiro atoms. The first kappa shape index (κ1) is 24.6. The number of benzene rings is 2. The maximum absolute atomic E-state index is 10.7. The van der Waals surface area contributed by atoms with Gasteiger partial charge in [-0.15, -0.1) is 0 Å². The lowest BCUT2D eigenvalue weighted by molar-refractivity contribution is -0.136. The second-order valence-corrected chi connectivity index (χ2v) is 9.23. The molecule has 0 saturated carbocycles. The van der Waals surface area contributed by atoms with Gasteiger partial charge in [0.1, 0.15) is 12.4 Å². The molecule has 1 N–H and O–H groups in total. The fourth-order valence-electron chi connectivity index (χ4n) is 3.62. The molecule has 0 aliphatic rings. The van der Waals surface area contributed by atoms with E-state index in [1.807, 2.05) is 54.2 Å². The number of carbonyl (C=O) groups is 1. The van der Waals surface area contributed by atoms with E-state index in [0.29, 0.717) is 25.5 Å². The highest BCUT2D eigenvalue weighted by Crippen LogP contribution is 2.31. The quantitative estimate of drug-likeness (QED) is 0.326. The molecular weight excluding hydrogens is 434 g/mol. The van der Waals surface area contributed by atoms with Crippen LogP contribution in [-0.2, 0) is 17.8 Å². The van der Waals surface area contributed by atoms with E-state index in [1.54, 1.807) is 0 Å². The minimum Gasteiger partial charge on any atom is -0.493 e. The first-order chi connectivity index (χ1) is 16.0. The lowest BCUT2D eigenvalue weighted by atomic mass is 9.99. The molecular formula is C27H31NO4S. The summed E-state index contributed by atoms with van der Waals surface area (Å²) < 4.78 is 11.9. The molecule has 5 nitrogen and oxygen atoms in total. The number of aryl methyl sites for hydroxylation is 3. The monoisotopic (exact) mass is 465 g/mol. The summed E-state index contributed by atoms with van der Waals surface area (Å²) in [6, 6.07) is 17.8. The lowest BCUT2D eigenvalue weighted by Gasteiger charge is -2.14. The van der Waals surface area contributed by atoms with Crippen LogP contribution in [0.1, 0.15) is 35.6 Å². The largest absolute Gasteiger partial charge is 0.493 e. The van der Waals surface area contributed by atoms with Gasteiger partial charge < -0.3 is 14.6 Å². The van der Waals surface area contributed by atoms with Crippen molar-refractivity contribution in [3.8, 4) is 22.9 Å². The summed E-state index contributed by atoms with van der Waals surface area (Å²) in [7, 11) is 0. The molecule has 0 bridgehead atoms. The third kappa shape index (κ3) is 7.53.